The Hall–Kier alpha value is -0.700. The van der Waals surface area contributed by atoms with Crippen molar-refractivity contribution in [2.24, 2.45) is 0 Å². The molecule has 1 fully saturated rings. The van der Waals surface area contributed by atoms with Gasteiger partial charge in [-0.15, -0.1) is 0 Å². The molecule has 0 spiro atoms. The zero-order valence-corrected chi connectivity index (χ0v) is 12.9. The number of hydrogen-bond donors (Lipinski definition) is 2. The first-order valence-electron chi connectivity index (χ1n) is 6.14. The third-order valence-corrected chi connectivity index (χ3v) is 6.86. The fourth-order valence-electron chi connectivity index (χ4n) is 2.31. The van der Waals surface area contributed by atoms with Gasteiger partial charge < -0.3 is 9.88 Å². The summed E-state index contributed by atoms with van der Waals surface area (Å²) >= 11 is 0.731. The summed E-state index contributed by atoms with van der Waals surface area (Å²) in [7, 11) is 0.329. The fourth-order valence-corrected chi connectivity index (χ4v) is 4.77. The highest BCUT2D eigenvalue weighted by atomic mass is 32.2. The van der Waals surface area contributed by atoms with Crippen molar-refractivity contribution in [1.82, 2.24) is 14.6 Å². The number of H-pyrrole nitrogens is 1. The van der Waals surface area contributed by atoms with Crippen molar-refractivity contribution < 1.29 is 8.42 Å². The van der Waals surface area contributed by atoms with Gasteiger partial charge in [0.25, 0.3) is 10.0 Å². The highest BCUT2D eigenvalue weighted by molar-refractivity contribution is 7.91. The van der Waals surface area contributed by atoms with Crippen LogP contribution in [0.25, 0.3) is 0 Å². The van der Waals surface area contributed by atoms with Gasteiger partial charge in [0, 0.05) is 17.8 Å². The van der Waals surface area contributed by atoms with Gasteiger partial charge in [-0.3, -0.25) is 4.79 Å². The summed E-state index contributed by atoms with van der Waals surface area (Å²) in [5, 5.41) is 0. The Morgan fingerprint density at radius 1 is 1.42 bits per heavy atom. The first-order valence-corrected chi connectivity index (χ1v) is 8.44. The Kier molecular flexibility index (Phi) is 3.87. The van der Waals surface area contributed by atoms with Gasteiger partial charge in [0.05, 0.1) is 0 Å². The van der Waals surface area contributed by atoms with Crippen LogP contribution in [0.15, 0.2) is 9.00 Å². The molecule has 1 saturated carbocycles. The number of aryl methyl sites for hydroxylation is 1. The van der Waals surface area contributed by atoms with Crippen molar-refractivity contribution >= 4 is 21.4 Å². The number of rotatable bonds is 5. The van der Waals surface area contributed by atoms with E-state index >= 15 is 0 Å². The molecular formula is C11H19N3O3S2. The molecule has 1 aliphatic rings. The molecule has 0 unspecified atom stereocenters. The van der Waals surface area contributed by atoms with Crippen molar-refractivity contribution in [1.29, 1.82) is 0 Å². The zero-order valence-electron chi connectivity index (χ0n) is 11.3. The van der Waals surface area contributed by atoms with Crippen molar-refractivity contribution in [3.63, 3.8) is 0 Å². The van der Waals surface area contributed by atoms with Crippen molar-refractivity contribution in [2.45, 2.75) is 35.9 Å². The minimum Gasteiger partial charge on any atom is -0.315 e. The maximum Gasteiger partial charge on any atom is 0.305 e. The second kappa shape index (κ2) is 5.01. The zero-order chi connectivity index (χ0) is 14.3. The molecule has 108 valence electrons. The van der Waals surface area contributed by atoms with Crippen LogP contribution in [0.4, 0.5) is 0 Å². The molecule has 0 radical (unpaired) electrons. The minimum atomic E-state index is -3.60. The summed E-state index contributed by atoms with van der Waals surface area (Å²) < 4.78 is 27.1. The molecule has 1 aliphatic carbocycles. The van der Waals surface area contributed by atoms with E-state index in [1.54, 1.807) is 6.92 Å². The highest BCUT2D eigenvalue weighted by Crippen LogP contribution is 2.35. The van der Waals surface area contributed by atoms with Crippen LogP contribution in [0.1, 0.15) is 25.0 Å². The Morgan fingerprint density at radius 2 is 2.05 bits per heavy atom. The van der Waals surface area contributed by atoms with E-state index < -0.39 is 10.0 Å². The third kappa shape index (κ3) is 2.76. The number of sulfonamides is 1. The number of hydrogen-bond acceptors (Lipinski definition) is 5. The summed E-state index contributed by atoms with van der Waals surface area (Å²) in [5.41, 5.74) is 0.317. The second-order valence-electron chi connectivity index (χ2n) is 5.22. The molecule has 1 aromatic heterocycles. The summed E-state index contributed by atoms with van der Waals surface area (Å²) in [6.07, 6.45) is 3.10. The van der Waals surface area contributed by atoms with Crippen LogP contribution in [0.2, 0.25) is 0 Å². The fraction of sp³-hybridized carbons (Fsp3) is 0.727. The average Bonchev–Trinajstić information content (AvgIpc) is 2.56. The van der Waals surface area contributed by atoms with Gasteiger partial charge in [-0.25, -0.2) is 13.1 Å². The number of nitrogens with one attached hydrogen (secondary N) is 2. The molecule has 2 N–H and O–H groups in total. The van der Waals surface area contributed by atoms with E-state index in [2.05, 4.69) is 14.6 Å². The lowest BCUT2D eigenvalue weighted by atomic mass is 9.76. The number of thiazole rings is 1. The van der Waals surface area contributed by atoms with E-state index in [-0.39, 0.29) is 14.6 Å². The monoisotopic (exact) mass is 305 g/mol. The van der Waals surface area contributed by atoms with E-state index in [0.29, 0.717) is 12.2 Å². The lowest BCUT2D eigenvalue weighted by Crippen LogP contribution is -2.57. The molecule has 0 amide bonds. The summed E-state index contributed by atoms with van der Waals surface area (Å²) in [5.74, 6) is 0. The molecular weight excluding hydrogens is 286 g/mol. The van der Waals surface area contributed by atoms with Crippen molar-refractivity contribution in [3.8, 4) is 0 Å². The van der Waals surface area contributed by atoms with Crippen LogP contribution in [-0.4, -0.2) is 44.5 Å². The van der Waals surface area contributed by atoms with Crippen molar-refractivity contribution in [3.05, 3.63) is 15.4 Å². The minimum absolute atomic E-state index is 0.0811. The number of nitrogens with zero attached hydrogens (tertiary/aromatic N) is 1. The molecule has 19 heavy (non-hydrogen) atoms. The molecule has 0 saturated heterocycles. The molecule has 8 heteroatoms. The molecule has 0 bridgehead atoms. The lowest BCUT2D eigenvalue weighted by molar-refractivity contribution is 0.0657. The number of aromatic amines is 1. The molecule has 0 atom stereocenters. The number of aromatic nitrogens is 1. The molecule has 6 nitrogen and oxygen atoms in total. The van der Waals surface area contributed by atoms with Gasteiger partial charge in [0.1, 0.15) is 0 Å². The van der Waals surface area contributed by atoms with Crippen LogP contribution in [0.5, 0.6) is 0 Å². The summed E-state index contributed by atoms with van der Waals surface area (Å²) in [6.45, 7) is 1.98. The molecule has 0 aliphatic heterocycles. The van der Waals surface area contributed by atoms with Crippen LogP contribution >= 0.6 is 11.3 Å². The van der Waals surface area contributed by atoms with Gasteiger partial charge >= 0.3 is 4.87 Å². The first kappa shape index (κ1) is 14.7. The predicted molar refractivity (Wildman–Crippen MR) is 75.1 cm³/mol. The quantitative estimate of drug-likeness (QED) is 0.830. The largest absolute Gasteiger partial charge is 0.315 e. The van der Waals surface area contributed by atoms with Gasteiger partial charge in [-0.05, 0) is 40.3 Å². The van der Waals surface area contributed by atoms with Crippen molar-refractivity contribution in [2.75, 3.05) is 20.6 Å². The van der Waals surface area contributed by atoms with Gasteiger partial charge in [-0.2, -0.15) is 0 Å². The maximum atomic E-state index is 12.2. The Morgan fingerprint density at radius 3 is 2.42 bits per heavy atom. The highest BCUT2D eigenvalue weighted by Gasteiger charge is 2.40. The second-order valence-corrected chi connectivity index (χ2v) is 8.17. The molecule has 1 aromatic rings. The standard InChI is InChI=1S/C11H19N3O3S2/c1-8-9(18-10(15)13-8)19(16,17)12-7-11(14(2)3)5-4-6-11/h12H,4-7H2,1-3H3,(H,13,15). The van der Waals surface area contributed by atoms with Crippen LogP contribution in [0.3, 0.4) is 0 Å². The van der Waals surface area contributed by atoms with Gasteiger partial charge in [-0.1, -0.05) is 11.3 Å². The molecule has 0 aromatic carbocycles. The SMILES string of the molecule is Cc1[nH]c(=O)sc1S(=O)(=O)NCC1(N(C)C)CCC1. The lowest BCUT2D eigenvalue weighted by Gasteiger charge is -2.47. The Labute approximate surface area is 116 Å². The predicted octanol–water partition coefficient (Wildman–Crippen LogP) is 0.507. The Balaban J connectivity index is 2.14. The smallest absolute Gasteiger partial charge is 0.305 e. The summed E-state index contributed by atoms with van der Waals surface area (Å²) in [6, 6.07) is 0. The topological polar surface area (TPSA) is 82.3 Å². The van der Waals surface area contributed by atoms with E-state index in [0.717, 1.165) is 30.6 Å². The van der Waals surface area contributed by atoms with E-state index in [1.165, 1.54) is 0 Å². The van der Waals surface area contributed by atoms with Gasteiger partial charge in [0.2, 0.25) is 0 Å². The van der Waals surface area contributed by atoms with Gasteiger partial charge in [0.15, 0.2) is 4.21 Å². The average molecular weight is 305 g/mol. The molecule has 1 heterocycles. The normalized spacial score (nSPS) is 18.5. The maximum absolute atomic E-state index is 12.2. The van der Waals surface area contributed by atoms with Crippen LogP contribution < -0.4 is 9.60 Å². The van der Waals surface area contributed by atoms with E-state index in [9.17, 15) is 13.2 Å². The van der Waals surface area contributed by atoms with Crippen LogP contribution in [-0.2, 0) is 10.0 Å². The number of likely N-dealkylation sites (N-methyl/N-ethyl adjacent to an activating group) is 1. The Bertz CT molecular complexity index is 611. The van der Waals surface area contributed by atoms with E-state index in [4.69, 9.17) is 0 Å². The summed E-state index contributed by atoms with van der Waals surface area (Å²) in [4.78, 5) is 15.4. The van der Waals surface area contributed by atoms with Crippen LogP contribution in [0, 0.1) is 6.92 Å². The third-order valence-electron chi connectivity index (χ3n) is 3.85. The van der Waals surface area contributed by atoms with E-state index in [1.807, 2.05) is 14.1 Å². The molecule has 2 rings (SSSR count). The first-order chi connectivity index (χ1) is 8.77.